The summed E-state index contributed by atoms with van der Waals surface area (Å²) in [7, 11) is 0. The van der Waals surface area contributed by atoms with E-state index in [0.717, 1.165) is 37.5 Å². The summed E-state index contributed by atoms with van der Waals surface area (Å²) in [6, 6.07) is 0. The van der Waals surface area contributed by atoms with Gasteiger partial charge in [-0.2, -0.15) is 0 Å². The predicted molar refractivity (Wildman–Crippen MR) is 111 cm³/mol. The highest BCUT2D eigenvalue weighted by molar-refractivity contribution is 5.10. The van der Waals surface area contributed by atoms with E-state index < -0.39 is 6.17 Å². The lowest BCUT2D eigenvalue weighted by atomic mass is 9.80. The Hall–Kier alpha value is -0.550. The first kappa shape index (κ1) is 21.2. The van der Waals surface area contributed by atoms with Crippen LogP contribution in [0.4, 0.5) is 4.39 Å². The molecule has 3 atom stereocenters. The van der Waals surface area contributed by atoms with Crippen LogP contribution in [0.25, 0.3) is 0 Å². The van der Waals surface area contributed by atoms with Crippen molar-refractivity contribution in [3.63, 3.8) is 0 Å². The molecule has 3 fully saturated rings. The molecule has 0 radical (unpaired) electrons. The number of ether oxygens (including phenoxy) is 1. The summed E-state index contributed by atoms with van der Waals surface area (Å²) in [5.74, 6) is 9.59. The smallest absolute Gasteiger partial charge is 0.127 e. The summed E-state index contributed by atoms with van der Waals surface area (Å²) < 4.78 is 20.9. The van der Waals surface area contributed by atoms with Crippen molar-refractivity contribution in [1.29, 1.82) is 0 Å². The van der Waals surface area contributed by atoms with Crippen LogP contribution in [0.2, 0.25) is 0 Å². The van der Waals surface area contributed by atoms with Crippen molar-refractivity contribution in [2.24, 2.45) is 23.7 Å². The van der Waals surface area contributed by atoms with Crippen LogP contribution in [-0.4, -0.2) is 18.4 Å². The molecule has 0 spiro atoms. The van der Waals surface area contributed by atoms with Gasteiger partial charge in [0.15, 0.2) is 0 Å². The maximum Gasteiger partial charge on any atom is 0.127 e. The first-order chi connectivity index (χ1) is 13.2. The predicted octanol–water partition coefficient (Wildman–Crippen LogP) is 7.09. The van der Waals surface area contributed by atoms with Gasteiger partial charge in [0, 0.05) is 11.8 Å². The minimum atomic E-state index is -0.817. The van der Waals surface area contributed by atoms with E-state index in [-0.39, 0.29) is 12.0 Å². The molecule has 1 nitrogen and oxygen atoms in total. The van der Waals surface area contributed by atoms with Crippen molar-refractivity contribution < 1.29 is 9.13 Å². The Bertz CT molecular complexity index is 476. The molecule has 0 heterocycles. The second kappa shape index (κ2) is 10.8. The van der Waals surface area contributed by atoms with Crippen LogP contribution >= 0.6 is 0 Å². The highest BCUT2D eigenvalue weighted by Gasteiger charge is 2.33. The van der Waals surface area contributed by atoms with Crippen LogP contribution in [0, 0.1) is 35.5 Å². The van der Waals surface area contributed by atoms with Gasteiger partial charge < -0.3 is 4.74 Å². The fraction of sp³-hybridized carbons (Fsp3) is 0.920. The second-order valence-corrected chi connectivity index (χ2v) is 9.55. The van der Waals surface area contributed by atoms with Gasteiger partial charge in [-0.3, -0.25) is 0 Å². The molecule has 0 amide bonds. The van der Waals surface area contributed by atoms with Crippen LogP contribution in [0.1, 0.15) is 104 Å². The highest BCUT2D eigenvalue weighted by atomic mass is 19.1. The Labute approximate surface area is 167 Å². The summed E-state index contributed by atoms with van der Waals surface area (Å²) in [5, 5.41) is 0. The van der Waals surface area contributed by atoms with E-state index in [4.69, 9.17) is 4.74 Å². The van der Waals surface area contributed by atoms with E-state index in [1.165, 1.54) is 57.8 Å². The zero-order valence-corrected chi connectivity index (χ0v) is 17.7. The third-order valence-corrected chi connectivity index (χ3v) is 7.49. The molecule has 3 unspecified atom stereocenters. The van der Waals surface area contributed by atoms with Crippen molar-refractivity contribution >= 4 is 0 Å². The van der Waals surface area contributed by atoms with Gasteiger partial charge >= 0.3 is 0 Å². The van der Waals surface area contributed by atoms with Crippen molar-refractivity contribution in [2.45, 2.75) is 122 Å². The minimum Gasteiger partial charge on any atom is -0.372 e. The number of halogens is 1. The van der Waals surface area contributed by atoms with Crippen LogP contribution in [0.5, 0.6) is 0 Å². The lowest BCUT2D eigenvalue weighted by molar-refractivity contribution is -0.0880. The molecule has 0 saturated heterocycles. The lowest BCUT2D eigenvalue weighted by Gasteiger charge is -2.35. The van der Waals surface area contributed by atoms with Crippen LogP contribution in [0.3, 0.4) is 0 Å². The Morgan fingerprint density at radius 1 is 0.778 bits per heavy atom. The average Bonchev–Trinajstić information content (AvgIpc) is 2.70. The first-order valence-corrected chi connectivity index (χ1v) is 12.0. The normalized spacial score (nSPS) is 40.2. The molecule has 3 rings (SSSR count). The molecule has 3 aliphatic carbocycles. The molecule has 27 heavy (non-hydrogen) atoms. The molecule has 0 aromatic rings. The van der Waals surface area contributed by atoms with E-state index in [1.807, 2.05) is 0 Å². The zero-order chi connectivity index (χ0) is 19.1. The second-order valence-electron chi connectivity index (χ2n) is 9.55. The minimum absolute atomic E-state index is 0.171. The van der Waals surface area contributed by atoms with Gasteiger partial charge in [0.25, 0.3) is 0 Å². The van der Waals surface area contributed by atoms with Gasteiger partial charge in [-0.1, -0.05) is 45.0 Å². The largest absolute Gasteiger partial charge is 0.372 e. The molecule has 0 bridgehead atoms. The van der Waals surface area contributed by atoms with Gasteiger partial charge in [-0.25, -0.2) is 4.39 Å². The number of rotatable bonds is 5. The monoisotopic (exact) mass is 376 g/mol. The molecule has 0 aromatic heterocycles. The van der Waals surface area contributed by atoms with E-state index in [2.05, 4.69) is 25.7 Å². The van der Waals surface area contributed by atoms with Crippen molar-refractivity contribution in [1.82, 2.24) is 0 Å². The average molecular weight is 377 g/mol. The molecule has 0 aliphatic heterocycles. The summed E-state index contributed by atoms with van der Waals surface area (Å²) in [5.41, 5.74) is 0. The standard InChI is InChI=1S/C25H41FO/c1-3-5-20-12-15-23(16-13-20)27-25-17-14-22(18-24(25)26)11-10-21-8-6-19(4-2)7-9-21/h19-25H,3-9,12-18H2,1-2H3. The number of hydrogen-bond donors (Lipinski definition) is 0. The van der Waals surface area contributed by atoms with E-state index in [0.29, 0.717) is 18.4 Å². The van der Waals surface area contributed by atoms with Crippen LogP contribution in [-0.2, 0) is 4.74 Å². The summed E-state index contributed by atoms with van der Waals surface area (Å²) >= 11 is 0. The van der Waals surface area contributed by atoms with E-state index in [1.54, 1.807) is 0 Å². The van der Waals surface area contributed by atoms with E-state index >= 15 is 0 Å². The number of hydrogen-bond acceptors (Lipinski definition) is 1. The molecule has 0 aromatic carbocycles. The molecular weight excluding hydrogens is 335 g/mol. The Morgan fingerprint density at radius 2 is 1.41 bits per heavy atom. The van der Waals surface area contributed by atoms with Crippen molar-refractivity contribution in [2.75, 3.05) is 0 Å². The third-order valence-electron chi connectivity index (χ3n) is 7.49. The molecule has 2 heteroatoms. The fourth-order valence-electron chi connectivity index (χ4n) is 5.53. The van der Waals surface area contributed by atoms with Crippen LogP contribution < -0.4 is 0 Å². The summed E-state index contributed by atoms with van der Waals surface area (Å²) in [6.07, 6.45) is 15.7. The summed E-state index contributed by atoms with van der Waals surface area (Å²) in [4.78, 5) is 0. The number of alkyl halides is 1. The van der Waals surface area contributed by atoms with Crippen molar-refractivity contribution in [3.8, 4) is 11.8 Å². The Balaban J connectivity index is 1.38. The summed E-state index contributed by atoms with van der Waals surface area (Å²) in [6.45, 7) is 4.57. The Kier molecular flexibility index (Phi) is 8.50. The first-order valence-electron chi connectivity index (χ1n) is 12.0. The van der Waals surface area contributed by atoms with E-state index in [9.17, 15) is 4.39 Å². The van der Waals surface area contributed by atoms with Gasteiger partial charge in [0.2, 0.25) is 0 Å². The van der Waals surface area contributed by atoms with Gasteiger partial charge in [0.1, 0.15) is 6.17 Å². The molecule has 3 aliphatic rings. The van der Waals surface area contributed by atoms with Gasteiger partial charge in [-0.05, 0) is 82.5 Å². The molecular formula is C25H41FO. The maximum absolute atomic E-state index is 14.7. The van der Waals surface area contributed by atoms with Crippen LogP contribution in [0.15, 0.2) is 0 Å². The fourth-order valence-corrected chi connectivity index (χ4v) is 5.53. The molecule has 154 valence electrons. The maximum atomic E-state index is 14.7. The van der Waals surface area contributed by atoms with Gasteiger partial charge in [-0.15, -0.1) is 0 Å². The lowest BCUT2D eigenvalue weighted by Crippen LogP contribution is -2.37. The highest BCUT2D eigenvalue weighted by Crippen LogP contribution is 2.35. The van der Waals surface area contributed by atoms with Crippen molar-refractivity contribution in [3.05, 3.63) is 0 Å². The Morgan fingerprint density at radius 3 is 2.04 bits per heavy atom. The third kappa shape index (κ3) is 6.49. The van der Waals surface area contributed by atoms with Gasteiger partial charge in [0.05, 0.1) is 12.2 Å². The molecule has 3 saturated carbocycles. The SMILES string of the molecule is CCCC1CCC(OC2CCC(C#CC3CCC(CC)CC3)CC2F)CC1. The quantitative estimate of drug-likeness (QED) is 0.465. The topological polar surface area (TPSA) is 9.23 Å². The molecule has 0 N–H and O–H groups in total. The zero-order valence-electron chi connectivity index (χ0n) is 17.7.